The molecule has 0 aromatic carbocycles. The predicted octanol–water partition coefficient (Wildman–Crippen LogP) is 8.65. The van der Waals surface area contributed by atoms with Crippen molar-refractivity contribution >= 4 is 5.97 Å². The van der Waals surface area contributed by atoms with Gasteiger partial charge in [0, 0.05) is 18.8 Å². The zero-order valence-corrected chi connectivity index (χ0v) is 23.5. The quantitative estimate of drug-likeness (QED) is 0.283. The summed E-state index contributed by atoms with van der Waals surface area (Å²) in [6, 6.07) is 3.60. The van der Waals surface area contributed by atoms with E-state index in [4.69, 9.17) is 4.74 Å². The van der Waals surface area contributed by atoms with Crippen LogP contribution in [0.2, 0.25) is 0 Å². The first-order valence-electron chi connectivity index (χ1n) is 15.0. The fourth-order valence-electron chi connectivity index (χ4n) is 9.46. The number of pyridine rings is 1. The van der Waals surface area contributed by atoms with Crippen LogP contribution in [0.4, 0.5) is 0 Å². The summed E-state index contributed by atoms with van der Waals surface area (Å²) in [4.78, 5) is 16.7. The summed E-state index contributed by atoms with van der Waals surface area (Å²) in [5.74, 6) is 4.93. The van der Waals surface area contributed by atoms with Gasteiger partial charge in [-0.1, -0.05) is 65.5 Å². The number of carbonyl (C=O) groups excluding carboxylic acids is 1. The zero-order valence-electron chi connectivity index (χ0n) is 23.5. The molecule has 0 spiro atoms. The van der Waals surface area contributed by atoms with Gasteiger partial charge in [0.15, 0.2) is 0 Å². The molecule has 3 fully saturated rings. The summed E-state index contributed by atoms with van der Waals surface area (Å²) in [6.45, 7) is 12.5. The van der Waals surface area contributed by atoms with Crippen LogP contribution in [-0.2, 0) is 4.74 Å². The van der Waals surface area contributed by atoms with E-state index in [1.54, 1.807) is 30.1 Å². The molecule has 4 aliphatic carbocycles. The van der Waals surface area contributed by atoms with Crippen molar-refractivity contribution in [3.8, 4) is 0 Å². The van der Waals surface area contributed by atoms with Crippen LogP contribution in [-0.4, -0.2) is 17.1 Å². The molecule has 4 aliphatic rings. The molecular weight excluding hydrogens is 442 g/mol. The van der Waals surface area contributed by atoms with Gasteiger partial charge >= 0.3 is 5.97 Å². The third kappa shape index (κ3) is 4.69. The second kappa shape index (κ2) is 10.3. The summed E-state index contributed by atoms with van der Waals surface area (Å²) >= 11 is 0. The highest BCUT2D eigenvalue weighted by molar-refractivity contribution is 5.89. The fraction of sp³-hybridized carbons (Fsp3) is 0.758. The van der Waals surface area contributed by atoms with Gasteiger partial charge in [0.25, 0.3) is 0 Å². The van der Waals surface area contributed by atoms with Gasteiger partial charge in [-0.3, -0.25) is 4.98 Å². The Hall–Kier alpha value is -1.64. The number of hydrogen-bond acceptors (Lipinski definition) is 3. The number of carbonyl (C=O) groups is 1. The van der Waals surface area contributed by atoms with Crippen molar-refractivity contribution in [2.24, 2.45) is 46.3 Å². The molecule has 36 heavy (non-hydrogen) atoms. The summed E-state index contributed by atoms with van der Waals surface area (Å²) in [7, 11) is 0. The standard InChI is InChI=1S/C33H49NO2/c1-22(2)8-6-9-23(3)28-13-14-29-27-12-11-25-20-26(36-31(35)24-10-7-19-34-21-24)15-17-32(25,4)30(27)16-18-33(28,29)5/h7,10-11,19,21-23,26-30H,6,8-9,12-18,20H2,1-5H3/t23-,26+,27-,28+,29-,30-,32-,33+/m0/s1. The summed E-state index contributed by atoms with van der Waals surface area (Å²) < 4.78 is 5.96. The molecule has 3 heteroatoms. The predicted molar refractivity (Wildman–Crippen MR) is 146 cm³/mol. The van der Waals surface area contributed by atoms with Crippen molar-refractivity contribution in [2.75, 3.05) is 0 Å². The number of fused-ring (bicyclic) bond motifs is 5. The summed E-state index contributed by atoms with van der Waals surface area (Å²) in [5.41, 5.74) is 2.97. The molecule has 1 aromatic rings. The van der Waals surface area contributed by atoms with E-state index in [1.165, 1.54) is 51.4 Å². The minimum Gasteiger partial charge on any atom is -0.458 e. The van der Waals surface area contributed by atoms with Crippen LogP contribution in [0.15, 0.2) is 36.2 Å². The molecule has 0 bridgehead atoms. The Balaban J connectivity index is 1.25. The van der Waals surface area contributed by atoms with E-state index >= 15 is 0 Å². The number of allylic oxidation sites excluding steroid dienone is 1. The molecular formula is C33H49NO2. The summed E-state index contributed by atoms with van der Waals surface area (Å²) in [5, 5.41) is 0. The molecule has 3 nitrogen and oxygen atoms in total. The monoisotopic (exact) mass is 491 g/mol. The van der Waals surface area contributed by atoms with Crippen LogP contribution in [0.5, 0.6) is 0 Å². The number of nitrogens with zero attached hydrogens (tertiary/aromatic N) is 1. The number of hydrogen-bond donors (Lipinski definition) is 0. The maximum absolute atomic E-state index is 12.6. The van der Waals surface area contributed by atoms with Crippen LogP contribution in [0.3, 0.4) is 0 Å². The Bertz CT molecular complexity index is 954. The van der Waals surface area contributed by atoms with Gasteiger partial charge in [-0.05, 0) is 103 Å². The SMILES string of the molecule is CC(C)CCC[C@H](C)[C@H]1CC[C@H]2[C@@H]3CC=C4C[C@H](OC(=O)c5cccnc5)CC[C@]4(C)[C@H]3CC[C@]12C. The lowest BCUT2D eigenvalue weighted by Gasteiger charge is -2.58. The van der Waals surface area contributed by atoms with Gasteiger partial charge in [-0.2, -0.15) is 0 Å². The van der Waals surface area contributed by atoms with E-state index in [2.05, 4.69) is 45.7 Å². The number of aromatic nitrogens is 1. The van der Waals surface area contributed by atoms with Crippen molar-refractivity contribution < 1.29 is 9.53 Å². The average molecular weight is 492 g/mol. The van der Waals surface area contributed by atoms with Crippen molar-refractivity contribution in [3.05, 3.63) is 41.7 Å². The first-order chi connectivity index (χ1) is 17.2. The number of rotatable bonds is 7. The molecule has 1 heterocycles. The summed E-state index contributed by atoms with van der Waals surface area (Å²) in [6.07, 6.45) is 20.1. The maximum atomic E-state index is 12.6. The van der Waals surface area contributed by atoms with Gasteiger partial charge in [-0.25, -0.2) is 4.79 Å². The van der Waals surface area contributed by atoms with Crippen molar-refractivity contribution in [1.29, 1.82) is 0 Å². The molecule has 0 unspecified atom stereocenters. The Kier molecular flexibility index (Phi) is 7.40. The maximum Gasteiger partial charge on any atom is 0.339 e. The lowest BCUT2D eigenvalue weighted by atomic mass is 9.47. The van der Waals surface area contributed by atoms with Crippen molar-refractivity contribution in [1.82, 2.24) is 4.98 Å². The van der Waals surface area contributed by atoms with Crippen molar-refractivity contribution in [2.45, 2.75) is 111 Å². The van der Waals surface area contributed by atoms with E-state index in [1.807, 2.05) is 0 Å². The fourth-order valence-corrected chi connectivity index (χ4v) is 9.46. The van der Waals surface area contributed by atoms with Crippen LogP contribution in [0, 0.1) is 46.3 Å². The topological polar surface area (TPSA) is 39.2 Å². The van der Waals surface area contributed by atoms with E-state index < -0.39 is 0 Å². The lowest BCUT2D eigenvalue weighted by molar-refractivity contribution is -0.0594. The molecule has 0 amide bonds. The van der Waals surface area contributed by atoms with Gasteiger partial charge in [0.2, 0.25) is 0 Å². The smallest absolute Gasteiger partial charge is 0.339 e. The Morgan fingerprint density at radius 1 is 1.08 bits per heavy atom. The van der Waals surface area contributed by atoms with Gasteiger partial charge in [0.05, 0.1) is 5.56 Å². The molecule has 5 rings (SSSR count). The van der Waals surface area contributed by atoms with E-state index in [0.29, 0.717) is 16.4 Å². The second-order valence-electron chi connectivity index (χ2n) is 13.8. The first kappa shape index (κ1) is 26.0. The van der Waals surface area contributed by atoms with Crippen LogP contribution >= 0.6 is 0 Å². The highest BCUT2D eigenvalue weighted by atomic mass is 16.5. The molecule has 1 aromatic heterocycles. The molecule has 0 saturated heterocycles. The number of ether oxygens (including phenoxy) is 1. The van der Waals surface area contributed by atoms with Crippen LogP contribution < -0.4 is 0 Å². The van der Waals surface area contributed by atoms with Gasteiger partial charge in [0.1, 0.15) is 6.10 Å². The molecule has 3 saturated carbocycles. The Morgan fingerprint density at radius 2 is 1.92 bits per heavy atom. The zero-order chi connectivity index (χ0) is 25.5. The minimum atomic E-state index is -0.223. The molecule has 198 valence electrons. The lowest BCUT2D eigenvalue weighted by Crippen LogP contribution is -2.51. The van der Waals surface area contributed by atoms with E-state index in [9.17, 15) is 4.79 Å². The highest BCUT2D eigenvalue weighted by Gasteiger charge is 2.59. The van der Waals surface area contributed by atoms with E-state index in [-0.39, 0.29) is 12.1 Å². The van der Waals surface area contributed by atoms with Crippen LogP contribution in [0.25, 0.3) is 0 Å². The van der Waals surface area contributed by atoms with Gasteiger partial charge < -0.3 is 4.74 Å². The van der Waals surface area contributed by atoms with E-state index in [0.717, 1.165) is 54.8 Å². The molecule has 8 atom stereocenters. The molecule has 0 aliphatic heterocycles. The average Bonchev–Trinajstić information content (AvgIpc) is 3.22. The third-order valence-corrected chi connectivity index (χ3v) is 11.4. The molecule has 0 radical (unpaired) electrons. The normalized spacial score (nSPS) is 38.5. The van der Waals surface area contributed by atoms with Crippen molar-refractivity contribution in [3.63, 3.8) is 0 Å². The van der Waals surface area contributed by atoms with Gasteiger partial charge in [-0.15, -0.1) is 0 Å². The molecule has 0 N–H and O–H groups in total. The minimum absolute atomic E-state index is 0.00462. The van der Waals surface area contributed by atoms with Crippen LogP contribution in [0.1, 0.15) is 116 Å². The Labute approximate surface area is 219 Å². The first-order valence-corrected chi connectivity index (χ1v) is 15.0. The second-order valence-corrected chi connectivity index (χ2v) is 13.8. The Morgan fingerprint density at radius 3 is 2.67 bits per heavy atom. The number of esters is 1. The highest BCUT2D eigenvalue weighted by Crippen LogP contribution is 2.67. The third-order valence-electron chi connectivity index (χ3n) is 11.4. The largest absolute Gasteiger partial charge is 0.458 e.